The Hall–Kier alpha value is -1.62. The molecule has 0 unspecified atom stereocenters. The summed E-state index contributed by atoms with van der Waals surface area (Å²) in [5, 5.41) is 2.91. The van der Waals surface area contributed by atoms with Crippen LogP contribution in [0.1, 0.15) is 17.4 Å². The zero-order valence-electron chi connectivity index (χ0n) is 9.74. The molecular formula is C11H14ClN3O2. The lowest BCUT2D eigenvalue weighted by molar-refractivity contribution is -0.121. The van der Waals surface area contributed by atoms with E-state index in [2.05, 4.69) is 10.3 Å². The maximum Gasteiger partial charge on any atom is 0.272 e. The van der Waals surface area contributed by atoms with Crippen LogP contribution < -0.4 is 5.32 Å². The second-order valence-corrected chi connectivity index (χ2v) is 3.79. The van der Waals surface area contributed by atoms with Gasteiger partial charge in [0, 0.05) is 24.8 Å². The number of hydrogen-bond acceptors (Lipinski definition) is 3. The van der Waals surface area contributed by atoms with Crippen molar-refractivity contribution in [1.29, 1.82) is 0 Å². The Morgan fingerprint density at radius 1 is 1.53 bits per heavy atom. The molecule has 2 amide bonds. The fraction of sp³-hybridized carbons (Fsp3) is 0.364. The molecule has 0 radical (unpaired) electrons. The van der Waals surface area contributed by atoms with Gasteiger partial charge in [-0.25, -0.2) is 0 Å². The molecule has 0 atom stereocenters. The Labute approximate surface area is 105 Å². The van der Waals surface area contributed by atoms with E-state index in [-0.39, 0.29) is 24.1 Å². The molecule has 0 spiro atoms. The number of likely N-dealkylation sites (N-methyl/N-ethyl adjacent to an activating group) is 2. The number of aromatic nitrogens is 1. The first-order valence-corrected chi connectivity index (χ1v) is 5.57. The van der Waals surface area contributed by atoms with Crippen molar-refractivity contribution >= 4 is 23.4 Å². The number of carbonyl (C=O) groups is 2. The number of rotatable bonds is 4. The Kier molecular flexibility index (Phi) is 4.90. The number of carbonyl (C=O) groups excluding carboxylic acids is 2. The zero-order valence-corrected chi connectivity index (χ0v) is 10.5. The number of halogens is 1. The molecule has 92 valence electrons. The summed E-state index contributed by atoms with van der Waals surface area (Å²) in [5.41, 5.74) is 0.239. The number of amides is 2. The quantitative estimate of drug-likeness (QED) is 0.871. The molecule has 0 aliphatic heterocycles. The van der Waals surface area contributed by atoms with E-state index in [0.717, 1.165) is 0 Å². The number of hydrogen-bond donors (Lipinski definition) is 1. The van der Waals surface area contributed by atoms with Crippen LogP contribution in [0.3, 0.4) is 0 Å². The van der Waals surface area contributed by atoms with Gasteiger partial charge in [-0.05, 0) is 19.1 Å². The van der Waals surface area contributed by atoms with E-state index in [4.69, 9.17) is 11.6 Å². The van der Waals surface area contributed by atoms with Crippen molar-refractivity contribution in [3.63, 3.8) is 0 Å². The summed E-state index contributed by atoms with van der Waals surface area (Å²) in [5.74, 6) is -0.527. The van der Waals surface area contributed by atoms with Gasteiger partial charge >= 0.3 is 0 Å². The maximum absolute atomic E-state index is 12.0. The second-order valence-electron chi connectivity index (χ2n) is 3.35. The van der Waals surface area contributed by atoms with Crippen LogP contribution >= 0.6 is 11.6 Å². The fourth-order valence-electron chi connectivity index (χ4n) is 1.26. The van der Waals surface area contributed by atoms with Crippen LogP contribution in [0.5, 0.6) is 0 Å². The van der Waals surface area contributed by atoms with Crippen molar-refractivity contribution in [1.82, 2.24) is 15.2 Å². The molecular weight excluding hydrogens is 242 g/mol. The highest BCUT2D eigenvalue weighted by Gasteiger charge is 2.17. The minimum absolute atomic E-state index is 0.0139. The first-order valence-electron chi connectivity index (χ1n) is 5.20. The standard InChI is InChI=1S/C11H14ClN3O2/c1-3-15(7-10(16)13-2)11(17)9-6-8(12)4-5-14-9/h4-6H,3,7H2,1-2H3,(H,13,16). The Morgan fingerprint density at radius 2 is 2.24 bits per heavy atom. The average Bonchev–Trinajstić information content (AvgIpc) is 2.34. The smallest absolute Gasteiger partial charge is 0.272 e. The summed E-state index contributed by atoms with van der Waals surface area (Å²) >= 11 is 5.78. The van der Waals surface area contributed by atoms with Gasteiger partial charge in [0.05, 0.1) is 6.54 Å². The second kappa shape index (κ2) is 6.20. The van der Waals surface area contributed by atoms with Crippen molar-refractivity contribution in [3.05, 3.63) is 29.0 Å². The first kappa shape index (κ1) is 13.4. The van der Waals surface area contributed by atoms with Crippen molar-refractivity contribution in [2.24, 2.45) is 0 Å². The predicted octanol–water partition coefficient (Wildman–Crippen LogP) is 0.943. The van der Waals surface area contributed by atoms with Crippen LogP contribution in [0.15, 0.2) is 18.3 Å². The Balaban J connectivity index is 2.82. The summed E-state index contributed by atoms with van der Waals surface area (Å²) in [6.07, 6.45) is 1.46. The monoisotopic (exact) mass is 255 g/mol. The van der Waals surface area contributed by atoms with Crippen LogP contribution in [-0.2, 0) is 4.79 Å². The third-order valence-corrected chi connectivity index (χ3v) is 2.46. The fourth-order valence-corrected chi connectivity index (χ4v) is 1.42. The van der Waals surface area contributed by atoms with E-state index in [1.54, 1.807) is 13.0 Å². The highest BCUT2D eigenvalue weighted by atomic mass is 35.5. The van der Waals surface area contributed by atoms with E-state index < -0.39 is 0 Å². The number of nitrogens with one attached hydrogen (secondary N) is 1. The lowest BCUT2D eigenvalue weighted by atomic mass is 10.3. The third-order valence-electron chi connectivity index (χ3n) is 2.22. The molecule has 0 aliphatic rings. The lowest BCUT2D eigenvalue weighted by Gasteiger charge is -2.19. The molecule has 0 bridgehead atoms. The van der Waals surface area contributed by atoms with E-state index in [1.165, 1.54) is 24.2 Å². The van der Waals surface area contributed by atoms with Gasteiger partial charge in [-0.1, -0.05) is 11.6 Å². The van der Waals surface area contributed by atoms with Crippen LogP contribution in [0.4, 0.5) is 0 Å². The summed E-state index contributed by atoms with van der Waals surface area (Å²) in [4.78, 5) is 28.6. The van der Waals surface area contributed by atoms with Crippen LogP contribution in [0, 0.1) is 0 Å². The minimum Gasteiger partial charge on any atom is -0.358 e. The Bertz CT molecular complexity index is 423. The lowest BCUT2D eigenvalue weighted by Crippen LogP contribution is -2.39. The maximum atomic E-state index is 12.0. The van der Waals surface area contributed by atoms with Crippen LogP contribution in [0.25, 0.3) is 0 Å². The molecule has 17 heavy (non-hydrogen) atoms. The van der Waals surface area contributed by atoms with Gasteiger partial charge in [0.2, 0.25) is 5.91 Å². The van der Waals surface area contributed by atoms with Gasteiger partial charge in [0.1, 0.15) is 5.69 Å². The molecule has 1 N–H and O–H groups in total. The van der Waals surface area contributed by atoms with Gasteiger partial charge < -0.3 is 10.2 Å². The molecule has 1 rings (SSSR count). The molecule has 0 saturated heterocycles. The molecule has 5 nitrogen and oxygen atoms in total. The average molecular weight is 256 g/mol. The molecule has 0 fully saturated rings. The van der Waals surface area contributed by atoms with E-state index >= 15 is 0 Å². The molecule has 1 aromatic heterocycles. The van der Waals surface area contributed by atoms with Gasteiger partial charge in [0.15, 0.2) is 0 Å². The minimum atomic E-state index is -0.307. The van der Waals surface area contributed by atoms with Gasteiger partial charge in [-0.2, -0.15) is 0 Å². The highest BCUT2D eigenvalue weighted by molar-refractivity contribution is 6.30. The van der Waals surface area contributed by atoms with Gasteiger partial charge in [-0.15, -0.1) is 0 Å². The van der Waals surface area contributed by atoms with E-state index in [1.807, 2.05) is 0 Å². The summed E-state index contributed by atoms with van der Waals surface area (Å²) in [7, 11) is 1.53. The van der Waals surface area contributed by atoms with E-state index in [0.29, 0.717) is 11.6 Å². The van der Waals surface area contributed by atoms with Crippen molar-refractivity contribution in [3.8, 4) is 0 Å². The molecule has 0 aromatic carbocycles. The first-order chi connectivity index (χ1) is 8.08. The molecule has 1 heterocycles. The zero-order chi connectivity index (χ0) is 12.8. The molecule has 6 heteroatoms. The molecule has 1 aromatic rings. The normalized spacial score (nSPS) is 9.82. The highest BCUT2D eigenvalue weighted by Crippen LogP contribution is 2.10. The number of pyridine rings is 1. The van der Waals surface area contributed by atoms with Crippen molar-refractivity contribution in [2.75, 3.05) is 20.1 Å². The SMILES string of the molecule is CCN(CC(=O)NC)C(=O)c1cc(Cl)ccn1. The van der Waals surface area contributed by atoms with Gasteiger partial charge in [-0.3, -0.25) is 14.6 Å². The van der Waals surface area contributed by atoms with Crippen LogP contribution in [-0.4, -0.2) is 41.8 Å². The summed E-state index contributed by atoms with van der Waals surface area (Å²) < 4.78 is 0. The molecule has 0 aliphatic carbocycles. The topological polar surface area (TPSA) is 62.3 Å². The van der Waals surface area contributed by atoms with Crippen LogP contribution in [0.2, 0.25) is 5.02 Å². The molecule has 0 saturated carbocycles. The van der Waals surface area contributed by atoms with E-state index in [9.17, 15) is 9.59 Å². The van der Waals surface area contributed by atoms with Crippen molar-refractivity contribution < 1.29 is 9.59 Å². The predicted molar refractivity (Wildman–Crippen MR) is 64.9 cm³/mol. The summed E-state index contributed by atoms with van der Waals surface area (Å²) in [6.45, 7) is 2.24. The van der Waals surface area contributed by atoms with Crippen molar-refractivity contribution in [2.45, 2.75) is 6.92 Å². The Morgan fingerprint density at radius 3 is 2.76 bits per heavy atom. The summed E-state index contributed by atoms with van der Waals surface area (Å²) in [6, 6.07) is 3.07. The largest absolute Gasteiger partial charge is 0.358 e. The van der Waals surface area contributed by atoms with Gasteiger partial charge in [0.25, 0.3) is 5.91 Å². The number of nitrogens with zero attached hydrogens (tertiary/aromatic N) is 2. The third kappa shape index (κ3) is 3.71.